The van der Waals surface area contributed by atoms with Crippen molar-refractivity contribution < 1.29 is 4.74 Å². The van der Waals surface area contributed by atoms with Crippen LogP contribution in [0, 0.1) is 6.92 Å². The van der Waals surface area contributed by atoms with Crippen molar-refractivity contribution in [2.45, 2.75) is 20.1 Å². The number of rotatable bonds is 4. The number of aromatic amines is 1. The zero-order valence-corrected chi connectivity index (χ0v) is 11.3. The lowest BCUT2D eigenvalue weighted by atomic mass is 10.2. The molecule has 3 rings (SSSR count). The van der Waals surface area contributed by atoms with E-state index in [-0.39, 0.29) is 0 Å². The maximum Gasteiger partial charge on any atom is 0.141 e. The van der Waals surface area contributed by atoms with Crippen LogP contribution in [0.5, 0.6) is 5.75 Å². The number of nitrogens with zero attached hydrogens (tertiary/aromatic N) is 2. The van der Waals surface area contributed by atoms with Gasteiger partial charge in [0.2, 0.25) is 0 Å². The van der Waals surface area contributed by atoms with Gasteiger partial charge in [-0.3, -0.25) is 0 Å². The van der Waals surface area contributed by atoms with Crippen molar-refractivity contribution in [2.75, 3.05) is 0 Å². The van der Waals surface area contributed by atoms with Crippen LogP contribution >= 0.6 is 0 Å². The molecule has 5 nitrogen and oxygen atoms in total. The van der Waals surface area contributed by atoms with Gasteiger partial charge >= 0.3 is 0 Å². The molecule has 0 radical (unpaired) electrons. The Labute approximate surface area is 116 Å². The number of ether oxygens (including phenoxy) is 1. The highest BCUT2D eigenvalue weighted by molar-refractivity contribution is 5.81. The summed E-state index contributed by atoms with van der Waals surface area (Å²) in [5.41, 5.74) is 9.59. The molecule has 0 atom stereocenters. The quantitative estimate of drug-likeness (QED) is 0.761. The zero-order chi connectivity index (χ0) is 13.9. The van der Waals surface area contributed by atoms with Gasteiger partial charge in [-0.25, -0.2) is 9.97 Å². The molecule has 5 heteroatoms. The van der Waals surface area contributed by atoms with Crippen LogP contribution < -0.4 is 10.5 Å². The number of aromatic nitrogens is 3. The minimum Gasteiger partial charge on any atom is -0.487 e. The molecule has 0 amide bonds. The lowest BCUT2D eigenvalue weighted by Crippen LogP contribution is -2.02. The SMILES string of the molecule is Cc1ccc(OCc2ncnc3[nH]cc(CN)c23)cc1. The van der Waals surface area contributed by atoms with Gasteiger partial charge in [-0.15, -0.1) is 0 Å². The van der Waals surface area contributed by atoms with Crippen molar-refractivity contribution in [3.63, 3.8) is 0 Å². The summed E-state index contributed by atoms with van der Waals surface area (Å²) >= 11 is 0. The molecule has 2 aromatic heterocycles. The van der Waals surface area contributed by atoms with E-state index in [4.69, 9.17) is 10.5 Å². The van der Waals surface area contributed by atoms with Gasteiger partial charge < -0.3 is 15.5 Å². The van der Waals surface area contributed by atoms with Gasteiger partial charge in [0.25, 0.3) is 0 Å². The van der Waals surface area contributed by atoms with Crippen molar-refractivity contribution in [1.29, 1.82) is 0 Å². The maximum absolute atomic E-state index is 5.78. The predicted octanol–water partition coefficient (Wildman–Crippen LogP) is 2.30. The molecule has 0 aliphatic heterocycles. The van der Waals surface area contributed by atoms with Gasteiger partial charge in [0, 0.05) is 18.1 Å². The van der Waals surface area contributed by atoms with Crippen LogP contribution in [0.2, 0.25) is 0 Å². The molecular formula is C15H16N4O. The summed E-state index contributed by atoms with van der Waals surface area (Å²) in [7, 11) is 0. The number of fused-ring (bicyclic) bond motifs is 1. The predicted molar refractivity (Wildman–Crippen MR) is 77.3 cm³/mol. The number of hydrogen-bond donors (Lipinski definition) is 2. The Hall–Kier alpha value is -2.40. The second-order valence-electron chi connectivity index (χ2n) is 4.66. The van der Waals surface area contributed by atoms with Crippen molar-refractivity contribution in [3.8, 4) is 5.75 Å². The Kier molecular flexibility index (Phi) is 3.35. The first kappa shape index (κ1) is 12.6. The van der Waals surface area contributed by atoms with Gasteiger partial charge in [0.1, 0.15) is 24.3 Å². The van der Waals surface area contributed by atoms with Gasteiger partial charge in [-0.1, -0.05) is 17.7 Å². The van der Waals surface area contributed by atoms with E-state index in [1.807, 2.05) is 37.4 Å². The van der Waals surface area contributed by atoms with Gasteiger partial charge in [0.15, 0.2) is 0 Å². The minimum absolute atomic E-state index is 0.396. The molecule has 3 aromatic rings. The third-order valence-corrected chi connectivity index (χ3v) is 3.25. The van der Waals surface area contributed by atoms with E-state index < -0.39 is 0 Å². The summed E-state index contributed by atoms with van der Waals surface area (Å²) in [5.74, 6) is 0.826. The number of aryl methyl sites for hydroxylation is 1. The first-order chi connectivity index (χ1) is 9.78. The first-order valence-electron chi connectivity index (χ1n) is 6.47. The summed E-state index contributed by atoms with van der Waals surface area (Å²) < 4.78 is 5.78. The Morgan fingerprint density at radius 2 is 2.00 bits per heavy atom. The standard InChI is InChI=1S/C15H16N4O/c1-10-2-4-12(5-3-10)20-8-13-14-11(6-16)7-17-15(14)19-9-18-13/h2-5,7,9H,6,8,16H2,1H3,(H,17,18,19). The Bertz CT molecular complexity index is 718. The molecule has 0 aliphatic rings. The summed E-state index contributed by atoms with van der Waals surface area (Å²) in [6, 6.07) is 7.95. The Balaban J connectivity index is 1.87. The van der Waals surface area contributed by atoms with Crippen molar-refractivity contribution in [3.05, 3.63) is 53.6 Å². The van der Waals surface area contributed by atoms with Crippen LogP contribution in [0.1, 0.15) is 16.8 Å². The molecule has 2 heterocycles. The highest BCUT2D eigenvalue weighted by Gasteiger charge is 2.10. The van der Waals surface area contributed by atoms with Crippen LogP contribution in [0.15, 0.2) is 36.8 Å². The second-order valence-corrected chi connectivity index (χ2v) is 4.66. The third-order valence-electron chi connectivity index (χ3n) is 3.25. The highest BCUT2D eigenvalue weighted by atomic mass is 16.5. The molecular weight excluding hydrogens is 252 g/mol. The molecule has 102 valence electrons. The Morgan fingerprint density at radius 3 is 2.75 bits per heavy atom. The smallest absolute Gasteiger partial charge is 0.141 e. The fourth-order valence-electron chi connectivity index (χ4n) is 2.15. The molecule has 0 unspecified atom stereocenters. The molecule has 20 heavy (non-hydrogen) atoms. The first-order valence-corrected chi connectivity index (χ1v) is 6.47. The zero-order valence-electron chi connectivity index (χ0n) is 11.3. The number of nitrogens with two attached hydrogens (primary N) is 1. The van der Waals surface area contributed by atoms with Crippen molar-refractivity contribution in [2.24, 2.45) is 5.73 Å². The third kappa shape index (κ3) is 2.35. The van der Waals surface area contributed by atoms with E-state index in [1.165, 1.54) is 11.9 Å². The topological polar surface area (TPSA) is 76.8 Å². The Morgan fingerprint density at radius 1 is 1.20 bits per heavy atom. The van der Waals surface area contributed by atoms with Gasteiger partial charge in [-0.2, -0.15) is 0 Å². The summed E-state index contributed by atoms with van der Waals surface area (Å²) in [5, 5.41) is 0.960. The van der Waals surface area contributed by atoms with E-state index in [0.29, 0.717) is 13.2 Å². The highest BCUT2D eigenvalue weighted by Crippen LogP contribution is 2.21. The van der Waals surface area contributed by atoms with Crippen LogP contribution in [-0.2, 0) is 13.2 Å². The molecule has 0 saturated heterocycles. The molecule has 0 saturated carbocycles. The molecule has 0 bridgehead atoms. The lowest BCUT2D eigenvalue weighted by molar-refractivity contribution is 0.302. The van der Waals surface area contributed by atoms with E-state index in [9.17, 15) is 0 Å². The average Bonchev–Trinajstić information content (AvgIpc) is 2.90. The van der Waals surface area contributed by atoms with E-state index in [0.717, 1.165) is 28.0 Å². The summed E-state index contributed by atoms with van der Waals surface area (Å²) in [4.78, 5) is 11.6. The van der Waals surface area contributed by atoms with Gasteiger partial charge in [0.05, 0.1) is 5.69 Å². The average molecular weight is 268 g/mol. The van der Waals surface area contributed by atoms with Gasteiger partial charge in [-0.05, 0) is 24.6 Å². The van der Waals surface area contributed by atoms with Crippen molar-refractivity contribution in [1.82, 2.24) is 15.0 Å². The molecule has 0 spiro atoms. The normalized spacial score (nSPS) is 10.9. The monoisotopic (exact) mass is 268 g/mol. The summed E-state index contributed by atoms with van der Waals surface area (Å²) in [6.45, 7) is 2.89. The van der Waals surface area contributed by atoms with Crippen LogP contribution in [0.4, 0.5) is 0 Å². The number of hydrogen-bond acceptors (Lipinski definition) is 4. The van der Waals surface area contributed by atoms with E-state index >= 15 is 0 Å². The van der Waals surface area contributed by atoms with Crippen molar-refractivity contribution >= 4 is 11.0 Å². The maximum atomic E-state index is 5.78. The second kappa shape index (κ2) is 5.30. The fourth-order valence-corrected chi connectivity index (χ4v) is 2.15. The molecule has 3 N–H and O–H groups in total. The molecule has 0 aliphatic carbocycles. The lowest BCUT2D eigenvalue weighted by Gasteiger charge is -2.07. The molecule has 1 aromatic carbocycles. The van der Waals surface area contributed by atoms with E-state index in [2.05, 4.69) is 15.0 Å². The van der Waals surface area contributed by atoms with Crippen LogP contribution in [0.3, 0.4) is 0 Å². The van der Waals surface area contributed by atoms with E-state index in [1.54, 1.807) is 0 Å². The number of H-pyrrole nitrogens is 1. The fraction of sp³-hybridized carbons (Fsp3) is 0.200. The molecule has 0 fully saturated rings. The minimum atomic E-state index is 0.396. The van der Waals surface area contributed by atoms with Crippen LogP contribution in [-0.4, -0.2) is 15.0 Å². The largest absolute Gasteiger partial charge is 0.487 e. The van der Waals surface area contributed by atoms with Crippen LogP contribution in [0.25, 0.3) is 11.0 Å². The number of nitrogens with one attached hydrogen (secondary N) is 1. The summed E-state index contributed by atoms with van der Waals surface area (Å²) in [6.07, 6.45) is 3.40. The number of benzene rings is 1.